The fourth-order valence-electron chi connectivity index (χ4n) is 2.08. The number of aromatic nitrogens is 2. The highest BCUT2D eigenvalue weighted by Gasteiger charge is 2.09. The second-order valence-corrected chi connectivity index (χ2v) is 4.16. The van der Waals surface area contributed by atoms with Gasteiger partial charge in [-0.2, -0.15) is 5.10 Å². The van der Waals surface area contributed by atoms with Gasteiger partial charge >= 0.3 is 0 Å². The predicted molar refractivity (Wildman–Crippen MR) is 69.1 cm³/mol. The molecule has 0 atom stereocenters. The molecule has 17 heavy (non-hydrogen) atoms. The Labute approximate surface area is 102 Å². The lowest BCUT2D eigenvalue weighted by Crippen LogP contribution is -1.98. The molecule has 0 saturated carbocycles. The number of nitrogens with zero attached hydrogens (tertiary/aromatic N) is 2. The Kier molecular flexibility index (Phi) is 3.18. The van der Waals surface area contributed by atoms with Crippen LogP contribution in [0.25, 0.3) is 11.1 Å². The number of hydrogen-bond acceptors (Lipinski definition) is 2. The maximum absolute atomic E-state index is 9.68. The molecule has 0 aliphatic rings. The molecule has 0 saturated heterocycles. The molecule has 1 heterocycles. The minimum atomic E-state index is 0.372. The topological polar surface area (TPSA) is 38.0 Å². The Balaban J connectivity index is 2.49. The molecule has 0 bridgehead atoms. The van der Waals surface area contributed by atoms with Gasteiger partial charge in [-0.05, 0) is 43.5 Å². The van der Waals surface area contributed by atoms with Crippen molar-refractivity contribution < 1.29 is 5.11 Å². The van der Waals surface area contributed by atoms with Crippen LogP contribution in [0.4, 0.5) is 0 Å². The van der Waals surface area contributed by atoms with E-state index in [1.807, 2.05) is 29.9 Å². The summed E-state index contributed by atoms with van der Waals surface area (Å²) >= 11 is 0. The van der Waals surface area contributed by atoms with Gasteiger partial charge in [-0.25, -0.2) is 0 Å². The van der Waals surface area contributed by atoms with Crippen molar-refractivity contribution in [2.75, 3.05) is 0 Å². The zero-order valence-electron chi connectivity index (χ0n) is 10.6. The highest BCUT2D eigenvalue weighted by molar-refractivity contribution is 5.67. The van der Waals surface area contributed by atoms with Crippen LogP contribution in [0.2, 0.25) is 0 Å². The summed E-state index contributed by atoms with van der Waals surface area (Å²) in [6, 6.07) is 5.74. The quantitative estimate of drug-likeness (QED) is 0.879. The standard InChI is InChI=1S/C14H18N2O/c1-4-11-8-12(6-7-14(11)17)13-9-15-16(5-2)10(13)3/h6-9,17H,4-5H2,1-3H3. The van der Waals surface area contributed by atoms with Crippen molar-refractivity contribution in [2.24, 2.45) is 0 Å². The molecule has 0 fully saturated rings. The smallest absolute Gasteiger partial charge is 0.118 e. The van der Waals surface area contributed by atoms with Gasteiger partial charge in [0.2, 0.25) is 0 Å². The van der Waals surface area contributed by atoms with Crippen LogP contribution < -0.4 is 0 Å². The summed E-state index contributed by atoms with van der Waals surface area (Å²) in [7, 11) is 0. The lowest BCUT2D eigenvalue weighted by Gasteiger charge is -2.06. The second kappa shape index (κ2) is 4.62. The summed E-state index contributed by atoms with van der Waals surface area (Å²) in [4.78, 5) is 0. The van der Waals surface area contributed by atoms with Gasteiger partial charge in [0.05, 0.1) is 6.20 Å². The van der Waals surface area contributed by atoms with Crippen molar-refractivity contribution in [3.63, 3.8) is 0 Å². The number of phenols is 1. The molecule has 2 rings (SSSR count). The van der Waals surface area contributed by atoms with Crippen LogP contribution in [0.3, 0.4) is 0 Å². The number of benzene rings is 1. The van der Waals surface area contributed by atoms with Crippen LogP contribution in [0.1, 0.15) is 25.1 Å². The van der Waals surface area contributed by atoms with Gasteiger partial charge in [0, 0.05) is 17.8 Å². The van der Waals surface area contributed by atoms with Crippen LogP contribution in [0.5, 0.6) is 5.75 Å². The molecule has 0 unspecified atom stereocenters. The first-order valence-electron chi connectivity index (χ1n) is 6.02. The summed E-state index contributed by atoms with van der Waals surface area (Å²) in [5.74, 6) is 0.372. The second-order valence-electron chi connectivity index (χ2n) is 4.16. The molecule has 3 heteroatoms. The molecule has 0 spiro atoms. The van der Waals surface area contributed by atoms with E-state index in [1.54, 1.807) is 6.07 Å². The van der Waals surface area contributed by atoms with Crippen LogP contribution in [0, 0.1) is 6.92 Å². The maximum Gasteiger partial charge on any atom is 0.118 e. The van der Waals surface area contributed by atoms with Gasteiger partial charge in [-0.3, -0.25) is 4.68 Å². The Morgan fingerprint density at radius 1 is 1.29 bits per heavy atom. The van der Waals surface area contributed by atoms with Gasteiger partial charge in [0.1, 0.15) is 5.75 Å². The van der Waals surface area contributed by atoms with E-state index >= 15 is 0 Å². The Bertz CT molecular complexity index is 529. The Hall–Kier alpha value is -1.77. The van der Waals surface area contributed by atoms with Crippen molar-refractivity contribution in [3.05, 3.63) is 35.7 Å². The molecule has 2 aromatic rings. The predicted octanol–water partition coefficient (Wildman–Crippen LogP) is 3.15. The van der Waals surface area contributed by atoms with Crippen molar-refractivity contribution in [3.8, 4) is 16.9 Å². The first-order chi connectivity index (χ1) is 8.17. The first-order valence-corrected chi connectivity index (χ1v) is 6.02. The molecule has 90 valence electrons. The fourth-order valence-corrected chi connectivity index (χ4v) is 2.08. The van der Waals surface area contributed by atoms with E-state index in [1.165, 1.54) is 5.69 Å². The van der Waals surface area contributed by atoms with Crippen LogP contribution in [-0.2, 0) is 13.0 Å². The third-order valence-electron chi connectivity index (χ3n) is 3.17. The molecule has 0 aliphatic heterocycles. The number of rotatable bonds is 3. The van der Waals surface area contributed by atoms with Crippen LogP contribution >= 0.6 is 0 Å². The normalized spacial score (nSPS) is 10.8. The molecule has 0 radical (unpaired) electrons. The summed E-state index contributed by atoms with van der Waals surface area (Å²) in [5.41, 5.74) is 4.41. The monoisotopic (exact) mass is 230 g/mol. The molecule has 0 amide bonds. The average molecular weight is 230 g/mol. The minimum absolute atomic E-state index is 0.372. The summed E-state index contributed by atoms with van der Waals surface area (Å²) in [5, 5.41) is 14.0. The van der Waals surface area contributed by atoms with E-state index in [4.69, 9.17) is 0 Å². The van der Waals surface area contributed by atoms with E-state index in [9.17, 15) is 5.11 Å². The van der Waals surface area contributed by atoms with Gasteiger partial charge in [-0.15, -0.1) is 0 Å². The zero-order valence-corrected chi connectivity index (χ0v) is 10.6. The SMILES string of the molecule is CCc1cc(-c2cnn(CC)c2C)ccc1O. The molecule has 1 N–H and O–H groups in total. The lowest BCUT2D eigenvalue weighted by molar-refractivity contribution is 0.469. The number of hydrogen-bond donors (Lipinski definition) is 1. The van der Waals surface area contributed by atoms with Gasteiger partial charge < -0.3 is 5.11 Å². The van der Waals surface area contributed by atoms with E-state index < -0.39 is 0 Å². The zero-order chi connectivity index (χ0) is 12.4. The minimum Gasteiger partial charge on any atom is -0.508 e. The Morgan fingerprint density at radius 2 is 2.06 bits per heavy atom. The molecule has 1 aromatic carbocycles. The molecule has 3 nitrogen and oxygen atoms in total. The highest BCUT2D eigenvalue weighted by atomic mass is 16.3. The van der Waals surface area contributed by atoms with Gasteiger partial charge in [0.25, 0.3) is 0 Å². The summed E-state index contributed by atoms with van der Waals surface area (Å²) < 4.78 is 1.98. The third-order valence-corrected chi connectivity index (χ3v) is 3.17. The van der Waals surface area contributed by atoms with E-state index in [0.717, 1.165) is 29.7 Å². The summed E-state index contributed by atoms with van der Waals surface area (Å²) in [6.07, 6.45) is 2.73. The van der Waals surface area contributed by atoms with E-state index in [2.05, 4.69) is 18.9 Å². The van der Waals surface area contributed by atoms with Crippen LogP contribution in [0.15, 0.2) is 24.4 Å². The summed E-state index contributed by atoms with van der Waals surface area (Å²) in [6.45, 7) is 7.08. The number of aromatic hydroxyl groups is 1. The van der Waals surface area contributed by atoms with Crippen molar-refractivity contribution >= 4 is 0 Å². The van der Waals surface area contributed by atoms with Gasteiger partial charge in [0.15, 0.2) is 0 Å². The maximum atomic E-state index is 9.68. The van der Waals surface area contributed by atoms with E-state index in [-0.39, 0.29) is 0 Å². The van der Waals surface area contributed by atoms with Crippen molar-refractivity contribution in [2.45, 2.75) is 33.7 Å². The van der Waals surface area contributed by atoms with Crippen LogP contribution in [-0.4, -0.2) is 14.9 Å². The molecular weight excluding hydrogens is 212 g/mol. The lowest BCUT2D eigenvalue weighted by atomic mass is 10.0. The fraction of sp³-hybridized carbons (Fsp3) is 0.357. The molecule has 1 aromatic heterocycles. The molecule has 0 aliphatic carbocycles. The first kappa shape index (κ1) is 11.7. The van der Waals surface area contributed by atoms with Gasteiger partial charge in [-0.1, -0.05) is 13.0 Å². The number of aryl methyl sites for hydroxylation is 2. The van der Waals surface area contributed by atoms with Crippen molar-refractivity contribution in [1.82, 2.24) is 9.78 Å². The molecular formula is C14H18N2O. The largest absolute Gasteiger partial charge is 0.508 e. The number of phenolic OH excluding ortho intramolecular Hbond substituents is 1. The highest BCUT2D eigenvalue weighted by Crippen LogP contribution is 2.28. The van der Waals surface area contributed by atoms with Crippen molar-refractivity contribution in [1.29, 1.82) is 0 Å². The Morgan fingerprint density at radius 3 is 2.65 bits per heavy atom. The average Bonchev–Trinajstić information content (AvgIpc) is 2.71. The third kappa shape index (κ3) is 2.05. The van der Waals surface area contributed by atoms with E-state index in [0.29, 0.717) is 5.75 Å².